The Morgan fingerprint density at radius 3 is 3.00 bits per heavy atom. The number of hydrogen-bond acceptors (Lipinski definition) is 3. The average molecular weight is 329 g/mol. The molecule has 0 amide bonds. The van der Waals surface area contributed by atoms with E-state index in [1.807, 2.05) is 24.3 Å². The molecule has 0 saturated carbocycles. The van der Waals surface area contributed by atoms with Gasteiger partial charge in [-0.1, -0.05) is 28.1 Å². The number of rotatable bonds is 3. The maximum atomic E-state index is 9.14. The monoisotopic (exact) mass is 328 g/mol. The lowest BCUT2D eigenvalue weighted by atomic mass is 10.1. The van der Waals surface area contributed by atoms with Crippen LogP contribution in [0, 0.1) is 11.3 Å². The van der Waals surface area contributed by atoms with Crippen LogP contribution >= 0.6 is 15.9 Å². The Hall–Kier alpha value is -1.99. The van der Waals surface area contributed by atoms with Gasteiger partial charge < -0.3 is 10.1 Å². The van der Waals surface area contributed by atoms with Crippen LogP contribution in [0.4, 0.5) is 5.69 Å². The smallest absolute Gasteiger partial charge is 0.122 e. The fourth-order valence-electron chi connectivity index (χ4n) is 2.31. The molecule has 3 nitrogen and oxygen atoms in total. The van der Waals surface area contributed by atoms with Gasteiger partial charge in [-0.3, -0.25) is 0 Å². The minimum absolute atomic E-state index is 0.642. The van der Waals surface area contributed by atoms with Gasteiger partial charge in [0.1, 0.15) is 11.8 Å². The van der Waals surface area contributed by atoms with Crippen LogP contribution < -0.4 is 10.1 Å². The molecule has 0 radical (unpaired) electrons. The molecule has 1 aliphatic rings. The lowest BCUT2D eigenvalue weighted by Gasteiger charge is -2.09. The maximum absolute atomic E-state index is 9.14. The second kappa shape index (κ2) is 5.56. The van der Waals surface area contributed by atoms with Crippen LogP contribution in [-0.2, 0) is 13.0 Å². The Bertz CT molecular complexity index is 691. The van der Waals surface area contributed by atoms with E-state index in [0.717, 1.165) is 28.9 Å². The molecule has 100 valence electrons. The first-order valence-electron chi connectivity index (χ1n) is 6.44. The van der Waals surface area contributed by atoms with Gasteiger partial charge in [0, 0.05) is 17.4 Å². The van der Waals surface area contributed by atoms with Crippen molar-refractivity contribution >= 4 is 21.6 Å². The second-order valence-electron chi connectivity index (χ2n) is 4.70. The van der Waals surface area contributed by atoms with Crippen molar-refractivity contribution in [1.29, 1.82) is 5.26 Å². The molecule has 20 heavy (non-hydrogen) atoms. The van der Waals surface area contributed by atoms with E-state index in [1.54, 1.807) is 0 Å². The number of fused-ring (bicyclic) bond motifs is 1. The number of hydrogen-bond donors (Lipinski definition) is 1. The molecule has 1 N–H and O–H groups in total. The van der Waals surface area contributed by atoms with E-state index in [0.29, 0.717) is 12.1 Å². The van der Waals surface area contributed by atoms with Crippen molar-refractivity contribution in [2.24, 2.45) is 0 Å². The van der Waals surface area contributed by atoms with Gasteiger partial charge in [0.25, 0.3) is 0 Å². The first-order chi connectivity index (χ1) is 9.76. The first kappa shape index (κ1) is 13.0. The topological polar surface area (TPSA) is 45.0 Å². The predicted octanol–water partition coefficient (Wildman–Crippen LogP) is 3.87. The van der Waals surface area contributed by atoms with Gasteiger partial charge in [-0.2, -0.15) is 5.26 Å². The summed E-state index contributed by atoms with van der Waals surface area (Å²) in [5.41, 5.74) is 3.96. The van der Waals surface area contributed by atoms with Crippen molar-refractivity contribution in [2.75, 3.05) is 11.9 Å². The summed E-state index contributed by atoms with van der Waals surface area (Å²) < 4.78 is 6.41. The number of nitrogens with one attached hydrogen (secondary N) is 1. The number of anilines is 1. The minimum atomic E-state index is 0.642. The molecule has 2 aromatic carbocycles. The Balaban J connectivity index is 1.75. The van der Waals surface area contributed by atoms with Crippen LogP contribution in [0.15, 0.2) is 40.9 Å². The van der Waals surface area contributed by atoms with Crippen molar-refractivity contribution in [3.8, 4) is 11.8 Å². The molecule has 0 aromatic heterocycles. The average Bonchev–Trinajstić information content (AvgIpc) is 2.93. The standard InChI is InChI=1S/C16H13BrN2O/c17-14-2-3-15(13(8-14)9-18)19-10-11-1-4-16-12(7-11)5-6-20-16/h1-4,7-8,19H,5-6,10H2. The molecule has 0 bridgehead atoms. The maximum Gasteiger partial charge on any atom is 0.122 e. The van der Waals surface area contributed by atoms with E-state index >= 15 is 0 Å². The predicted molar refractivity (Wildman–Crippen MR) is 81.8 cm³/mol. The van der Waals surface area contributed by atoms with Crippen LogP contribution in [0.1, 0.15) is 16.7 Å². The molecular weight excluding hydrogens is 316 g/mol. The minimum Gasteiger partial charge on any atom is -0.493 e. The van der Waals surface area contributed by atoms with Gasteiger partial charge in [0.2, 0.25) is 0 Å². The Morgan fingerprint density at radius 2 is 2.15 bits per heavy atom. The SMILES string of the molecule is N#Cc1cc(Br)ccc1NCc1ccc2c(c1)CCO2. The summed E-state index contributed by atoms with van der Waals surface area (Å²) in [6, 6.07) is 14.1. The molecule has 3 rings (SSSR count). The Morgan fingerprint density at radius 1 is 1.25 bits per heavy atom. The number of ether oxygens (including phenoxy) is 1. The van der Waals surface area contributed by atoms with Crippen LogP contribution in [0.2, 0.25) is 0 Å². The zero-order valence-corrected chi connectivity index (χ0v) is 12.4. The molecule has 1 heterocycles. The molecule has 2 aromatic rings. The molecule has 0 atom stereocenters. The molecule has 1 aliphatic heterocycles. The molecule has 0 saturated heterocycles. The van der Waals surface area contributed by atoms with E-state index in [-0.39, 0.29) is 0 Å². The van der Waals surface area contributed by atoms with Crippen LogP contribution in [-0.4, -0.2) is 6.61 Å². The normalized spacial score (nSPS) is 12.4. The summed E-state index contributed by atoms with van der Waals surface area (Å²) in [6.07, 6.45) is 0.977. The molecule has 4 heteroatoms. The molecular formula is C16H13BrN2O. The highest BCUT2D eigenvalue weighted by Gasteiger charge is 2.12. The quantitative estimate of drug-likeness (QED) is 0.930. The van der Waals surface area contributed by atoms with E-state index in [9.17, 15) is 0 Å². The molecule has 0 unspecified atom stereocenters. The second-order valence-corrected chi connectivity index (χ2v) is 5.61. The highest BCUT2D eigenvalue weighted by atomic mass is 79.9. The number of nitrogens with zero attached hydrogens (tertiary/aromatic N) is 1. The third-order valence-electron chi connectivity index (χ3n) is 3.34. The summed E-state index contributed by atoms with van der Waals surface area (Å²) in [4.78, 5) is 0. The third kappa shape index (κ3) is 2.63. The van der Waals surface area contributed by atoms with Crippen LogP contribution in [0.3, 0.4) is 0 Å². The zero-order valence-electron chi connectivity index (χ0n) is 10.8. The van der Waals surface area contributed by atoms with Gasteiger partial charge in [-0.05, 0) is 35.4 Å². The van der Waals surface area contributed by atoms with Crippen molar-refractivity contribution in [2.45, 2.75) is 13.0 Å². The van der Waals surface area contributed by atoms with E-state index in [2.05, 4.69) is 39.4 Å². The summed E-state index contributed by atoms with van der Waals surface area (Å²) >= 11 is 3.37. The van der Waals surface area contributed by atoms with Crippen molar-refractivity contribution in [1.82, 2.24) is 0 Å². The summed E-state index contributed by atoms with van der Waals surface area (Å²) in [5.74, 6) is 0.995. The van der Waals surface area contributed by atoms with Gasteiger partial charge >= 0.3 is 0 Å². The summed E-state index contributed by atoms with van der Waals surface area (Å²) in [7, 11) is 0. The van der Waals surface area contributed by atoms with E-state index in [4.69, 9.17) is 10.00 Å². The van der Waals surface area contributed by atoms with Crippen molar-refractivity contribution < 1.29 is 4.74 Å². The summed E-state index contributed by atoms with van der Waals surface area (Å²) in [6.45, 7) is 1.47. The van der Waals surface area contributed by atoms with Gasteiger partial charge in [0.15, 0.2) is 0 Å². The van der Waals surface area contributed by atoms with Crippen LogP contribution in [0.5, 0.6) is 5.75 Å². The largest absolute Gasteiger partial charge is 0.493 e. The lowest BCUT2D eigenvalue weighted by Crippen LogP contribution is -2.01. The van der Waals surface area contributed by atoms with E-state index in [1.165, 1.54) is 11.1 Å². The molecule has 0 fully saturated rings. The van der Waals surface area contributed by atoms with Crippen LogP contribution in [0.25, 0.3) is 0 Å². The number of benzene rings is 2. The third-order valence-corrected chi connectivity index (χ3v) is 3.83. The van der Waals surface area contributed by atoms with Gasteiger partial charge in [0.05, 0.1) is 17.9 Å². The summed E-state index contributed by atoms with van der Waals surface area (Å²) in [5, 5.41) is 12.5. The Kier molecular flexibility index (Phi) is 3.62. The highest BCUT2D eigenvalue weighted by molar-refractivity contribution is 9.10. The van der Waals surface area contributed by atoms with Crippen molar-refractivity contribution in [3.05, 3.63) is 57.6 Å². The van der Waals surface area contributed by atoms with E-state index < -0.39 is 0 Å². The lowest BCUT2D eigenvalue weighted by molar-refractivity contribution is 0.357. The first-order valence-corrected chi connectivity index (χ1v) is 7.24. The zero-order chi connectivity index (χ0) is 13.9. The number of nitriles is 1. The number of halogens is 1. The van der Waals surface area contributed by atoms with Gasteiger partial charge in [-0.15, -0.1) is 0 Å². The van der Waals surface area contributed by atoms with Crippen molar-refractivity contribution in [3.63, 3.8) is 0 Å². The van der Waals surface area contributed by atoms with Gasteiger partial charge in [-0.25, -0.2) is 0 Å². The Labute approximate surface area is 126 Å². The molecule has 0 spiro atoms. The fraction of sp³-hybridized carbons (Fsp3) is 0.188. The molecule has 0 aliphatic carbocycles. The fourth-order valence-corrected chi connectivity index (χ4v) is 2.67. The highest BCUT2D eigenvalue weighted by Crippen LogP contribution is 2.26.